The lowest BCUT2D eigenvalue weighted by Gasteiger charge is -2.01. The van der Waals surface area contributed by atoms with Crippen LogP contribution in [0, 0.1) is 5.82 Å². The second-order valence-corrected chi connectivity index (χ2v) is 4.69. The van der Waals surface area contributed by atoms with Gasteiger partial charge in [-0.05, 0) is 34.1 Å². The summed E-state index contributed by atoms with van der Waals surface area (Å²) >= 11 is 3.10. The second kappa shape index (κ2) is 6.29. The van der Waals surface area contributed by atoms with Gasteiger partial charge in [0.25, 0.3) is 0 Å². The van der Waals surface area contributed by atoms with E-state index in [-0.39, 0.29) is 11.6 Å². The first kappa shape index (κ1) is 13.5. The highest BCUT2D eigenvalue weighted by atomic mass is 79.9. The highest BCUT2D eigenvalue weighted by Crippen LogP contribution is 2.19. The summed E-state index contributed by atoms with van der Waals surface area (Å²) in [4.78, 5) is 11.8. The van der Waals surface area contributed by atoms with Crippen molar-refractivity contribution in [3.63, 3.8) is 0 Å². The van der Waals surface area contributed by atoms with Crippen LogP contribution in [0.5, 0.6) is 0 Å². The first-order valence-electron chi connectivity index (χ1n) is 5.64. The Labute approximate surface area is 119 Å². The third-order valence-corrected chi connectivity index (χ3v) is 3.07. The molecule has 0 aliphatic carbocycles. The molecule has 4 heteroatoms. The van der Waals surface area contributed by atoms with E-state index >= 15 is 0 Å². The number of hydrogen-bond acceptors (Lipinski definition) is 2. The number of ketones is 1. The monoisotopic (exact) mass is 318 g/mol. The van der Waals surface area contributed by atoms with Crippen molar-refractivity contribution < 1.29 is 9.18 Å². The predicted octanol–water partition coefficient (Wildman–Crippen LogP) is 4.40. The number of halogens is 2. The smallest absolute Gasteiger partial charge is 0.187 e. The van der Waals surface area contributed by atoms with Gasteiger partial charge in [-0.3, -0.25) is 4.79 Å². The van der Waals surface area contributed by atoms with Crippen LogP contribution in [0.15, 0.2) is 65.3 Å². The zero-order chi connectivity index (χ0) is 13.7. The van der Waals surface area contributed by atoms with Crippen LogP contribution in [0.25, 0.3) is 0 Å². The molecule has 0 unspecified atom stereocenters. The summed E-state index contributed by atoms with van der Waals surface area (Å²) in [7, 11) is 0. The number of anilines is 1. The maximum Gasteiger partial charge on any atom is 0.187 e. The Morgan fingerprint density at radius 1 is 1.16 bits per heavy atom. The van der Waals surface area contributed by atoms with E-state index in [0.717, 1.165) is 0 Å². The number of allylic oxidation sites excluding steroid dienone is 1. The van der Waals surface area contributed by atoms with Crippen LogP contribution < -0.4 is 5.32 Å². The van der Waals surface area contributed by atoms with Gasteiger partial charge in [0.1, 0.15) is 5.82 Å². The summed E-state index contributed by atoms with van der Waals surface area (Å²) in [5.74, 6) is -0.413. The van der Waals surface area contributed by atoms with Crippen molar-refractivity contribution >= 4 is 27.4 Å². The maximum atomic E-state index is 13.0. The molecule has 2 nitrogen and oxygen atoms in total. The molecule has 0 spiro atoms. The molecular formula is C15H11BrFNO. The van der Waals surface area contributed by atoms with Crippen molar-refractivity contribution in [2.75, 3.05) is 5.32 Å². The summed E-state index contributed by atoms with van der Waals surface area (Å²) in [6, 6.07) is 13.5. The number of benzene rings is 2. The summed E-state index contributed by atoms with van der Waals surface area (Å²) in [5, 5.41) is 2.92. The number of carbonyl (C=O) groups is 1. The quantitative estimate of drug-likeness (QED) is 0.669. The van der Waals surface area contributed by atoms with Gasteiger partial charge in [0.2, 0.25) is 0 Å². The predicted molar refractivity (Wildman–Crippen MR) is 77.6 cm³/mol. The molecule has 0 saturated heterocycles. The molecule has 0 bridgehead atoms. The molecule has 0 atom stereocenters. The molecule has 19 heavy (non-hydrogen) atoms. The zero-order valence-corrected chi connectivity index (χ0v) is 11.5. The van der Waals surface area contributed by atoms with Gasteiger partial charge >= 0.3 is 0 Å². The van der Waals surface area contributed by atoms with Crippen LogP contribution in [-0.4, -0.2) is 5.78 Å². The van der Waals surface area contributed by atoms with Gasteiger partial charge in [-0.2, -0.15) is 0 Å². The lowest BCUT2D eigenvalue weighted by Crippen LogP contribution is -1.96. The van der Waals surface area contributed by atoms with Crippen molar-refractivity contribution in [3.8, 4) is 0 Å². The minimum Gasteiger partial charge on any atom is -0.362 e. The highest BCUT2D eigenvalue weighted by Gasteiger charge is 2.00. The summed E-state index contributed by atoms with van der Waals surface area (Å²) in [5.41, 5.74) is 1.33. The van der Waals surface area contributed by atoms with Gasteiger partial charge in [0.15, 0.2) is 5.78 Å². The van der Waals surface area contributed by atoms with Gasteiger partial charge in [0, 0.05) is 23.5 Å². The lowest BCUT2D eigenvalue weighted by molar-refractivity contribution is 0.104. The molecule has 0 heterocycles. The average Bonchev–Trinajstić information content (AvgIpc) is 2.43. The summed E-state index contributed by atoms with van der Waals surface area (Å²) in [6.07, 6.45) is 2.97. The lowest BCUT2D eigenvalue weighted by atomic mass is 10.1. The zero-order valence-electron chi connectivity index (χ0n) is 9.94. The number of carbonyl (C=O) groups excluding carboxylic acids is 1. The Morgan fingerprint density at radius 2 is 1.89 bits per heavy atom. The van der Waals surface area contributed by atoms with Crippen molar-refractivity contribution in [2.45, 2.75) is 0 Å². The highest BCUT2D eigenvalue weighted by molar-refractivity contribution is 9.10. The minimum atomic E-state index is -0.324. The van der Waals surface area contributed by atoms with Crippen LogP contribution in [-0.2, 0) is 0 Å². The Kier molecular flexibility index (Phi) is 4.47. The Bertz CT molecular complexity index is 611. The molecule has 0 fully saturated rings. The van der Waals surface area contributed by atoms with E-state index in [4.69, 9.17) is 0 Å². The fourth-order valence-electron chi connectivity index (χ4n) is 1.50. The van der Waals surface area contributed by atoms with E-state index in [1.807, 2.05) is 18.2 Å². The molecule has 0 saturated carbocycles. The van der Waals surface area contributed by atoms with Crippen molar-refractivity contribution in [3.05, 3.63) is 76.7 Å². The van der Waals surface area contributed by atoms with E-state index in [0.29, 0.717) is 15.7 Å². The third-order valence-electron chi connectivity index (χ3n) is 2.46. The number of rotatable bonds is 4. The fraction of sp³-hybridized carbons (Fsp3) is 0. The second-order valence-electron chi connectivity index (χ2n) is 3.84. The third kappa shape index (κ3) is 3.76. The standard InChI is InChI=1S/C15H11BrFNO/c16-13-10-12(6-7-14(13)17)18-9-8-15(19)11-4-2-1-3-5-11/h1-10,18H/i17-1. The largest absolute Gasteiger partial charge is 0.362 e. The average molecular weight is 319 g/mol. The topological polar surface area (TPSA) is 29.1 Å². The molecule has 0 aliphatic heterocycles. The van der Waals surface area contributed by atoms with Crippen LogP contribution in [0.2, 0.25) is 0 Å². The van der Waals surface area contributed by atoms with Crippen LogP contribution in [0.3, 0.4) is 0 Å². The van der Waals surface area contributed by atoms with Crippen LogP contribution in [0.1, 0.15) is 10.4 Å². The van der Waals surface area contributed by atoms with E-state index in [1.54, 1.807) is 24.3 Å². The normalized spacial score (nSPS) is 10.6. The Morgan fingerprint density at radius 3 is 2.58 bits per heavy atom. The van der Waals surface area contributed by atoms with Crippen molar-refractivity contribution in [1.82, 2.24) is 0 Å². The molecule has 96 valence electrons. The first-order chi connectivity index (χ1) is 9.16. The molecule has 1 N–H and O–H groups in total. The molecule has 0 aromatic heterocycles. The molecule has 0 aliphatic rings. The van der Waals surface area contributed by atoms with Gasteiger partial charge in [0.05, 0.1) is 4.47 Å². The molecule has 2 aromatic carbocycles. The summed E-state index contributed by atoms with van der Waals surface area (Å²) in [6.45, 7) is 0. The van der Waals surface area contributed by atoms with Gasteiger partial charge < -0.3 is 5.32 Å². The van der Waals surface area contributed by atoms with E-state index in [1.165, 1.54) is 18.3 Å². The first-order valence-corrected chi connectivity index (χ1v) is 6.43. The Balaban J connectivity index is 2.00. The number of hydrogen-bond donors (Lipinski definition) is 1. The SMILES string of the molecule is O=C(C=CNc1ccc([18F])c(Br)c1)c1ccccc1. The maximum absolute atomic E-state index is 13.0. The van der Waals surface area contributed by atoms with Crippen molar-refractivity contribution in [1.29, 1.82) is 0 Å². The van der Waals surface area contributed by atoms with Gasteiger partial charge in [-0.15, -0.1) is 0 Å². The molecule has 2 aromatic rings. The molecule has 0 radical (unpaired) electrons. The van der Waals surface area contributed by atoms with Crippen LogP contribution in [0.4, 0.5) is 10.1 Å². The van der Waals surface area contributed by atoms with E-state index in [2.05, 4.69) is 21.2 Å². The van der Waals surface area contributed by atoms with Crippen LogP contribution >= 0.6 is 15.9 Å². The van der Waals surface area contributed by atoms with Gasteiger partial charge in [-0.25, -0.2) is 4.39 Å². The molecule has 0 amide bonds. The van der Waals surface area contributed by atoms with E-state index < -0.39 is 0 Å². The van der Waals surface area contributed by atoms with E-state index in [9.17, 15) is 9.18 Å². The summed E-state index contributed by atoms with van der Waals surface area (Å²) < 4.78 is 13.4. The Hall–Kier alpha value is -1.94. The number of nitrogens with one attached hydrogen (secondary N) is 1. The fourth-order valence-corrected chi connectivity index (χ4v) is 1.88. The minimum absolute atomic E-state index is 0.0886. The molecule has 2 rings (SSSR count). The van der Waals surface area contributed by atoms with Crippen molar-refractivity contribution in [2.24, 2.45) is 0 Å². The van der Waals surface area contributed by atoms with Gasteiger partial charge in [-0.1, -0.05) is 30.3 Å². The molecular weight excluding hydrogens is 308 g/mol.